The summed E-state index contributed by atoms with van der Waals surface area (Å²) in [5, 5.41) is 11.5. The molecule has 108 valence electrons. The molecule has 1 rings (SSSR count). The molecule has 0 fully saturated rings. The highest BCUT2D eigenvalue weighted by molar-refractivity contribution is 5.92. The van der Waals surface area contributed by atoms with Crippen LogP contribution in [0.4, 0.5) is 5.69 Å². The molecule has 0 aliphatic heterocycles. The van der Waals surface area contributed by atoms with Crippen molar-refractivity contribution in [2.45, 2.75) is 33.6 Å². The molecule has 0 aliphatic carbocycles. The van der Waals surface area contributed by atoms with Gasteiger partial charge in [-0.15, -0.1) is 0 Å². The Hall–Kier alpha value is -2.10. The minimum Gasteiger partial charge on any atom is -0.478 e. The third kappa shape index (κ3) is 4.88. The van der Waals surface area contributed by atoms with Gasteiger partial charge in [0.15, 0.2) is 0 Å². The maximum Gasteiger partial charge on any atom is 0.328 e. The molecular formula is C16H21NO3. The molecule has 0 aliphatic rings. The van der Waals surface area contributed by atoms with Crippen LogP contribution in [0.5, 0.6) is 0 Å². The summed E-state index contributed by atoms with van der Waals surface area (Å²) in [7, 11) is 0. The predicted molar refractivity (Wildman–Crippen MR) is 80.6 cm³/mol. The number of amides is 1. The van der Waals surface area contributed by atoms with E-state index in [0.717, 1.165) is 35.7 Å². The van der Waals surface area contributed by atoms with Crippen molar-refractivity contribution in [3.8, 4) is 0 Å². The Kier molecular flexibility index (Phi) is 5.97. The monoisotopic (exact) mass is 275 g/mol. The summed E-state index contributed by atoms with van der Waals surface area (Å²) in [6.45, 7) is 5.85. The van der Waals surface area contributed by atoms with Crippen molar-refractivity contribution in [1.29, 1.82) is 0 Å². The predicted octanol–water partition coefficient (Wildman–Crippen LogP) is 3.47. The maximum atomic E-state index is 11.9. The molecule has 0 bridgehead atoms. The average molecular weight is 275 g/mol. The van der Waals surface area contributed by atoms with Gasteiger partial charge in [-0.05, 0) is 42.7 Å². The molecule has 20 heavy (non-hydrogen) atoms. The molecule has 4 heteroatoms. The van der Waals surface area contributed by atoms with Gasteiger partial charge in [0.05, 0.1) is 0 Å². The summed E-state index contributed by atoms with van der Waals surface area (Å²) in [5.74, 6) is -0.970. The van der Waals surface area contributed by atoms with Crippen molar-refractivity contribution in [2.24, 2.45) is 5.92 Å². The lowest BCUT2D eigenvalue weighted by Crippen LogP contribution is -2.20. The van der Waals surface area contributed by atoms with Gasteiger partial charge in [-0.1, -0.05) is 26.3 Å². The molecule has 0 heterocycles. The lowest BCUT2D eigenvalue weighted by Gasteiger charge is -2.12. The number of carboxylic acids is 1. The van der Waals surface area contributed by atoms with Gasteiger partial charge in [-0.25, -0.2) is 4.79 Å². The van der Waals surface area contributed by atoms with Crippen LogP contribution in [0, 0.1) is 12.8 Å². The zero-order valence-electron chi connectivity index (χ0n) is 12.1. The van der Waals surface area contributed by atoms with Crippen LogP contribution in [0.25, 0.3) is 6.08 Å². The van der Waals surface area contributed by atoms with Gasteiger partial charge in [0.25, 0.3) is 0 Å². The van der Waals surface area contributed by atoms with Crippen molar-refractivity contribution < 1.29 is 14.7 Å². The third-order valence-electron chi connectivity index (χ3n) is 3.11. The van der Waals surface area contributed by atoms with E-state index >= 15 is 0 Å². The molecule has 0 radical (unpaired) electrons. The van der Waals surface area contributed by atoms with E-state index in [1.807, 2.05) is 19.9 Å². The Bertz CT molecular complexity index is 520. The van der Waals surface area contributed by atoms with Crippen molar-refractivity contribution in [3.05, 3.63) is 35.4 Å². The molecular weight excluding hydrogens is 254 g/mol. The smallest absolute Gasteiger partial charge is 0.328 e. The number of hydrogen-bond acceptors (Lipinski definition) is 2. The first-order valence-corrected chi connectivity index (χ1v) is 6.76. The fraction of sp³-hybridized carbons (Fsp3) is 0.375. The fourth-order valence-corrected chi connectivity index (χ4v) is 1.93. The number of rotatable bonds is 6. The van der Waals surface area contributed by atoms with Gasteiger partial charge in [-0.2, -0.15) is 0 Å². The van der Waals surface area contributed by atoms with Gasteiger partial charge >= 0.3 is 5.97 Å². The second kappa shape index (κ2) is 7.48. The lowest BCUT2D eigenvalue weighted by molar-refractivity contribution is -0.131. The highest BCUT2D eigenvalue weighted by Crippen LogP contribution is 2.18. The average Bonchev–Trinajstić information content (AvgIpc) is 2.37. The maximum absolute atomic E-state index is 11.9. The van der Waals surface area contributed by atoms with Crippen molar-refractivity contribution >= 4 is 23.6 Å². The third-order valence-corrected chi connectivity index (χ3v) is 3.11. The van der Waals surface area contributed by atoms with E-state index < -0.39 is 5.97 Å². The zero-order valence-corrected chi connectivity index (χ0v) is 12.1. The summed E-state index contributed by atoms with van der Waals surface area (Å²) in [4.78, 5) is 22.4. The van der Waals surface area contributed by atoms with Crippen LogP contribution >= 0.6 is 0 Å². The number of carbonyl (C=O) groups excluding carboxylic acids is 1. The van der Waals surface area contributed by atoms with Gasteiger partial charge in [0, 0.05) is 17.7 Å². The topological polar surface area (TPSA) is 66.4 Å². The van der Waals surface area contributed by atoms with Crippen molar-refractivity contribution in [3.63, 3.8) is 0 Å². The van der Waals surface area contributed by atoms with Crippen molar-refractivity contribution in [2.75, 3.05) is 5.32 Å². The zero-order chi connectivity index (χ0) is 15.1. The molecule has 4 nitrogen and oxygen atoms in total. The van der Waals surface area contributed by atoms with Gasteiger partial charge in [0.1, 0.15) is 0 Å². The molecule has 2 N–H and O–H groups in total. The van der Waals surface area contributed by atoms with Crippen LogP contribution in [-0.2, 0) is 9.59 Å². The number of hydrogen-bond donors (Lipinski definition) is 2. The Balaban J connectivity index is 2.77. The van der Waals surface area contributed by atoms with E-state index in [1.165, 1.54) is 0 Å². The van der Waals surface area contributed by atoms with E-state index in [4.69, 9.17) is 5.11 Å². The van der Waals surface area contributed by atoms with Crippen LogP contribution in [0.1, 0.15) is 37.8 Å². The molecule has 1 aromatic rings. The van der Waals surface area contributed by atoms with Crippen LogP contribution in [0.2, 0.25) is 0 Å². The number of aryl methyl sites for hydroxylation is 1. The van der Waals surface area contributed by atoms with Gasteiger partial charge in [0.2, 0.25) is 5.91 Å². The second-order valence-corrected chi connectivity index (χ2v) is 4.92. The normalized spacial score (nSPS) is 12.3. The largest absolute Gasteiger partial charge is 0.478 e. The molecule has 1 aromatic carbocycles. The van der Waals surface area contributed by atoms with Gasteiger partial charge < -0.3 is 10.4 Å². The second-order valence-electron chi connectivity index (χ2n) is 4.92. The summed E-state index contributed by atoms with van der Waals surface area (Å²) >= 11 is 0. The summed E-state index contributed by atoms with van der Waals surface area (Å²) in [5.41, 5.74) is 2.48. The first-order chi connectivity index (χ1) is 9.43. The SMILES string of the molecule is CCCC(C)C(=O)Nc1ccc(C=CC(=O)O)c(C)c1. The number of carbonyl (C=O) groups is 2. The number of aliphatic carboxylic acids is 1. The Morgan fingerprint density at radius 3 is 2.65 bits per heavy atom. The molecule has 1 amide bonds. The molecule has 0 spiro atoms. The highest BCUT2D eigenvalue weighted by Gasteiger charge is 2.11. The van der Waals surface area contributed by atoms with E-state index in [-0.39, 0.29) is 11.8 Å². The molecule has 1 atom stereocenters. The standard InChI is InChI=1S/C16H21NO3/c1-4-5-11(2)16(20)17-14-8-6-13(12(3)10-14)7-9-15(18)19/h6-11H,4-5H2,1-3H3,(H,17,20)(H,18,19). The summed E-state index contributed by atoms with van der Waals surface area (Å²) in [6.07, 6.45) is 4.49. The molecule has 0 aromatic heterocycles. The number of nitrogens with one attached hydrogen (secondary N) is 1. The number of anilines is 1. The molecule has 0 saturated heterocycles. The van der Waals surface area contributed by atoms with Crippen LogP contribution in [-0.4, -0.2) is 17.0 Å². The Morgan fingerprint density at radius 2 is 2.10 bits per heavy atom. The Labute approximate surface area is 119 Å². The van der Waals surface area contributed by atoms with Crippen molar-refractivity contribution in [1.82, 2.24) is 0 Å². The number of carboxylic acid groups (broad SMARTS) is 1. The highest BCUT2D eigenvalue weighted by atomic mass is 16.4. The van der Waals surface area contributed by atoms with E-state index in [9.17, 15) is 9.59 Å². The quantitative estimate of drug-likeness (QED) is 0.781. The van der Waals surface area contributed by atoms with Crippen LogP contribution in [0.3, 0.4) is 0 Å². The van der Waals surface area contributed by atoms with Crippen LogP contribution < -0.4 is 5.32 Å². The van der Waals surface area contributed by atoms with E-state index in [1.54, 1.807) is 18.2 Å². The minimum atomic E-state index is -0.977. The minimum absolute atomic E-state index is 0.00751. The summed E-state index contributed by atoms with van der Waals surface area (Å²) < 4.78 is 0. The lowest BCUT2D eigenvalue weighted by atomic mass is 10.0. The first-order valence-electron chi connectivity index (χ1n) is 6.76. The summed E-state index contributed by atoms with van der Waals surface area (Å²) in [6, 6.07) is 5.43. The van der Waals surface area contributed by atoms with E-state index in [0.29, 0.717) is 0 Å². The Morgan fingerprint density at radius 1 is 1.40 bits per heavy atom. The first kappa shape index (κ1) is 16.0. The molecule has 0 saturated carbocycles. The van der Waals surface area contributed by atoms with Gasteiger partial charge in [-0.3, -0.25) is 4.79 Å². The van der Waals surface area contributed by atoms with Crippen LogP contribution in [0.15, 0.2) is 24.3 Å². The number of benzene rings is 1. The molecule has 1 unspecified atom stereocenters. The fourth-order valence-electron chi connectivity index (χ4n) is 1.93. The van der Waals surface area contributed by atoms with E-state index in [2.05, 4.69) is 12.2 Å².